The monoisotopic (exact) mass is 405 g/mol. The molecule has 1 atom stereocenters. The standard InChI is InChI=1S/C21H28FN3O4/c22-15-1-5-18(6-2-15)28-13-19-11-25(21(27)14-29-19)17-7-9-24(10-8-17)12-20(26)23-16-3-4-16/h1-2,5-6,16-17,19H,3-4,7-14H2,(H,23,26)/t19-/m0/s1. The number of likely N-dealkylation sites (tertiary alicyclic amines) is 1. The van der Waals surface area contributed by atoms with E-state index >= 15 is 0 Å². The lowest BCUT2D eigenvalue weighted by Gasteiger charge is -2.42. The number of halogens is 1. The number of nitrogens with one attached hydrogen (secondary N) is 1. The summed E-state index contributed by atoms with van der Waals surface area (Å²) in [5.41, 5.74) is 0. The molecule has 2 saturated heterocycles. The Morgan fingerprint density at radius 3 is 2.59 bits per heavy atom. The topological polar surface area (TPSA) is 71.1 Å². The average molecular weight is 405 g/mol. The molecule has 1 aromatic carbocycles. The number of hydrogen-bond donors (Lipinski definition) is 1. The first-order chi connectivity index (χ1) is 14.1. The number of nitrogens with zero attached hydrogens (tertiary/aromatic N) is 2. The molecule has 7 nitrogen and oxygen atoms in total. The van der Waals surface area contributed by atoms with Gasteiger partial charge in [-0.2, -0.15) is 0 Å². The van der Waals surface area contributed by atoms with Gasteiger partial charge in [-0.05, 0) is 49.9 Å². The molecule has 0 unspecified atom stereocenters. The van der Waals surface area contributed by atoms with Crippen LogP contribution in [-0.4, -0.2) is 79.2 Å². The first-order valence-corrected chi connectivity index (χ1v) is 10.4. The Morgan fingerprint density at radius 2 is 1.90 bits per heavy atom. The first-order valence-electron chi connectivity index (χ1n) is 10.4. The van der Waals surface area contributed by atoms with Crippen LogP contribution in [0.25, 0.3) is 0 Å². The number of carbonyl (C=O) groups is 2. The van der Waals surface area contributed by atoms with Gasteiger partial charge in [0.15, 0.2) is 0 Å². The van der Waals surface area contributed by atoms with E-state index in [1.165, 1.54) is 12.1 Å². The van der Waals surface area contributed by atoms with Gasteiger partial charge in [0.05, 0.1) is 13.1 Å². The lowest BCUT2D eigenvalue weighted by Crippen LogP contribution is -2.56. The Morgan fingerprint density at radius 1 is 1.17 bits per heavy atom. The number of amides is 2. The summed E-state index contributed by atoms with van der Waals surface area (Å²) < 4.78 is 24.3. The minimum Gasteiger partial charge on any atom is -0.491 e. The molecular weight excluding hydrogens is 377 g/mol. The van der Waals surface area contributed by atoms with Crippen LogP contribution in [0.15, 0.2) is 24.3 Å². The van der Waals surface area contributed by atoms with Crippen LogP contribution >= 0.6 is 0 Å². The number of benzene rings is 1. The Balaban J connectivity index is 1.22. The quantitative estimate of drug-likeness (QED) is 0.738. The molecule has 3 fully saturated rings. The molecule has 0 bridgehead atoms. The maximum Gasteiger partial charge on any atom is 0.248 e. The normalized spacial score (nSPS) is 23.8. The van der Waals surface area contributed by atoms with Crippen LogP contribution in [0.5, 0.6) is 5.75 Å². The van der Waals surface area contributed by atoms with Crippen LogP contribution < -0.4 is 10.1 Å². The average Bonchev–Trinajstić information content (AvgIpc) is 3.53. The van der Waals surface area contributed by atoms with Crippen LogP contribution in [0.1, 0.15) is 25.7 Å². The van der Waals surface area contributed by atoms with Gasteiger partial charge >= 0.3 is 0 Å². The van der Waals surface area contributed by atoms with Crippen LogP contribution in [0.3, 0.4) is 0 Å². The number of rotatable bonds is 7. The summed E-state index contributed by atoms with van der Waals surface area (Å²) in [4.78, 5) is 28.4. The van der Waals surface area contributed by atoms with E-state index in [9.17, 15) is 14.0 Å². The molecule has 4 rings (SSSR count). The van der Waals surface area contributed by atoms with Crippen molar-refractivity contribution in [1.29, 1.82) is 0 Å². The Kier molecular flexibility index (Phi) is 6.30. The van der Waals surface area contributed by atoms with Crippen molar-refractivity contribution in [3.05, 3.63) is 30.1 Å². The molecule has 158 valence electrons. The molecule has 1 N–H and O–H groups in total. The zero-order valence-corrected chi connectivity index (χ0v) is 16.5. The Labute approximate surface area is 170 Å². The summed E-state index contributed by atoms with van der Waals surface area (Å²) >= 11 is 0. The molecule has 0 radical (unpaired) electrons. The highest BCUT2D eigenvalue weighted by Crippen LogP contribution is 2.22. The second-order valence-corrected chi connectivity index (χ2v) is 8.09. The third-order valence-electron chi connectivity index (χ3n) is 5.72. The van der Waals surface area contributed by atoms with Crippen molar-refractivity contribution in [2.45, 2.75) is 43.9 Å². The van der Waals surface area contributed by atoms with Gasteiger partial charge in [0.1, 0.15) is 30.9 Å². The largest absolute Gasteiger partial charge is 0.491 e. The predicted molar refractivity (Wildman–Crippen MR) is 104 cm³/mol. The van der Waals surface area contributed by atoms with Crippen molar-refractivity contribution in [2.75, 3.05) is 39.4 Å². The molecule has 0 spiro atoms. The lowest BCUT2D eigenvalue weighted by molar-refractivity contribution is -0.155. The zero-order chi connectivity index (χ0) is 20.2. The summed E-state index contributed by atoms with van der Waals surface area (Å²) in [6.07, 6.45) is 3.69. The third-order valence-corrected chi connectivity index (χ3v) is 5.72. The number of morpholine rings is 1. The van der Waals surface area contributed by atoms with E-state index in [0.29, 0.717) is 31.5 Å². The molecule has 2 aliphatic heterocycles. The number of carbonyl (C=O) groups excluding carboxylic acids is 2. The molecule has 1 aromatic rings. The van der Waals surface area contributed by atoms with E-state index in [1.54, 1.807) is 12.1 Å². The van der Waals surface area contributed by atoms with E-state index in [-0.39, 0.29) is 36.4 Å². The lowest BCUT2D eigenvalue weighted by atomic mass is 10.0. The highest BCUT2D eigenvalue weighted by atomic mass is 19.1. The van der Waals surface area contributed by atoms with Crippen molar-refractivity contribution in [3.8, 4) is 5.75 Å². The van der Waals surface area contributed by atoms with Gasteiger partial charge in [-0.25, -0.2) is 4.39 Å². The van der Waals surface area contributed by atoms with Crippen molar-refractivity contribution in [3.63, 3.8) is 0 Å². The van der Waals surface area contributed by atoms with Gasteiger partial charge in [-0.3, -0.25) is 14.5 Å². The third kappa shape index (κ3) is 5.67. The molecular formula is C21H28FN3O4. The van der Waals surface area contributed by atoms with Crippen molar-refractivity contribution < 1.29 is 23.5 Å². The Bertz CT molecular complexity index is 717. The van der Waals surface area contributed by atoms with Gasteiger partial charge < -0.3 is 19.7 Å². The van der Waals surface area contributed by atoms with E-state index in [1.807, 2.05) is 4.90 Å². The SMILES string of the molecule is O=C(CN1CCC(N2C[C@@H](COc3ccc(F)cc3)OCC2=O)CC1)NC1CC1. The molecule has 29 heavy (non-hydrogen) atoms. The maximum absolute atomic E-state index is 13.0. The van der Waals surface area contributed by atoms with Crippen LogP contribution in [-0.2, 0) is 14.3 Å². The van der Waals surface area contributed by atoms with Gasteiger partial charge in [-0.15, -0.1) is 0 Å². The van der Waals surface area contributed by atoms with E-state index in [0.717, 1.165) is 38.8 Å². The van der Waals surface area contributed by atoms with Crippen LogP contribution in [0.4, 0.5) is 4.39 Å². The molecule has 2 amide bonds. The predicted octanol–water partition coefficient (Wildman–Crippen LogP) is 1.17. The summed E-state index contributed by atoms with van der Waals surface area (Å²) in [6.45, 7) is 2.92. The highest BCUT2D eigenvalue weighted by molar-refractivity contribution is 5.79. The van der Waals surface area contributed by atoms with Crippen LogP contribution in [0, 0.1) is 5.82 Å². The minimum atomic E-state index is -0.306. The molecule has 1 saturated carbocycles. The van der Waals surface area contributed by atoms with Crippen LogP contribution in [0.2, 0.25) is 0 Å². The van der Waals surface area contributed by atoms with E-state index < -0.39 is 0 Å². The molecule has 8 heteroatoms. The zero-order valence-electron chi connectivity index (χ0n) is 16.5. The summed E-state index contributed by atoms with van der Waals surface area (Å²) in [7, 11) is 0. The van der Waals surface area contributed by atoms with Gasteiger partial charge in [0, 0.05) is 25.2 Å². The fraction of sp³-hybridized carbons (Fsp3) is 0.619. The second-order valence-electron chi connectivity index (χ2n) is 8.09. The summed E-state index contributed by atoms with van der Waals surface area (Å²) in [6, 6.07) is 6.42. The summed E-state index contributed by atoms with van der Waals surface area (Å²) in [5, 5.41) is 3.02. The molecule has 2 heterocycles. The van der Waals surface area contributed by atoms with Gasteiger partial charge in [0.25, 0.3) is 0 Å². The molecule has 3 aliphatic rings. The van der Waals surface area contributed by atoms with E-state index in [4.69, 9.17) is 9.47 Å². The van der Waals surface area contributed by atoms with Crippen molar-refractivity contribution >= 4 is 11.8 Å². The fourth-order valence-corrected chi connectivity index (χ4v) is 3.91. The Hall–Kier alpha value is -2.19. The highest BCUT2D eigenvalue weighted by Gasteiger charge is 2.34. The second kappa shape index (κ2) is 9.09. The number of ether oxygens (including phenoxy) is 2. The number of hydrogen-bond acceptors (Lipinski definition) is 5. The minimum absolute atomic E-state index is 0.00737. The smallest absolute Gasteiger partial charge is 0.248 e. The van der Waals surface area contributed by atoms with E-state index in [2.05, 4.69) is 10.2 Å². The molecule has 1 aliphatic carbocycles. The fourth-order valence-electron chi connectivity index (χ4n) is 3.91. The first kappa shape index (κ1) is 20.1. The maximum atomic E-state index is 13.0. The van der Waals surface area contributed by atoms with Crippen molar-refractivity contribution in [2.24, 2.45) is 0 Å². The van der Waals surface area contributed by atoms with Gasteiger partial charge in [-0.1, -0.05) is 0 Å². The summed E-state index contributed by atoms with van der Waals surface area (Å²) in [5.74, 6) is 0.384. The number of piperidine rings is 1. The van der Waals surface area contributed by atoms with Gasteiger partial charge in [0.2, 0.25) is 11.8 Å². The molecule has 0 aromatic heterocycles. The van der Waals surface area contributed by atoms with Crippen molar-refractivity contribution in [1.82, 2.24) is 15.1 Å².